The number of nitrogens with zero attached hydrogens (tertiary/aromatic N) is 1. The van der Waals surface area contributed by atoms with Crippen LogP contribution in [0.4, 0.5) is 0 Å². The van der Waals surface area contributed by atoms with Gasteiger partial charge < -0.3 is 19.4 Å². The van der Waals surface area contributed by atoms with E-state index in [4.69, 9.17) is 9.47 Å². The molecule has 1 aliphatic rings. The van der Waals surface area contributed by atoms with Gasteiger partial charge in [0, 0.05) is 54.2 Å². The number of rotatable bonds is 7. The minimum atomic E-state index is -0.0821. The van der Waals surface area contributed by atoms with Gasteiger partial charge in [0.15, 0.2) is 17.3 Å². The fourth-order valence-electron chi connectivity index (χ4n) is 4.01. The summed E-state index contributed by atoms with van der Waals surface area (Å²) < 4.78 is 10.5. The molecule has 1 N–H and O–H groups in total. The summed E-state index contributed by atoms with van der Waals surface area (Å²) in [6.45, 7) is 1.23. The van der Waals surface area contributed by atoms with Crippen molar-refractivity contribution in [2.45, 2.75) is 19.3 Å². The van der Waals surface area contributed by atoms with Crippen molar-refractivity contribution in [3.8, 4) is 11.5 Å². The number of carbonyl (C=O) groups is 2. The Labute approximate surface area is 181 Å². The third-order valence-corrected chi connectivity index (χ3v) is 5.77. The molecule has 160 valence electrons. The van der Waals surface area contributed by atoms with Crippen molar-refractivity contribution in [2.75, 3.05) is 27.3 Å². The molecule has 0 atom stereocenters. The van der Waals surface area contributed by atoms with Gasteiger partial charge in [-0.15, -0.1) is 0 Å². The highest BCUT2D eigenvalue weighted by Crippen LogP contribution is 2.30. The smallest absolute Gasteiger partial charge is 0.223 e. The lowest BCUT2D eigenvalue weighted by molar-refractivity contribution is -0.130. The lowest BCUT2D eigenvalue weighted by atomic mass is 9.98. The highest BCUT2D eigenvalue weighted by Gasteiger charge is 2.20. The number of Topliss-reactive ketones (excluding diaryl/α,β-unsaturated/α-hetero) is 1. The first-order chi connectivity index (χ1) is 15.1. The van der Waals surface area contributed by atoms with Gasteiger partial charge in [0.25, 0.3) is 0 Å². The highest BCUT2D eigenvalue weighted by molar-refractivity contribution is 5.98. The number of carbonyl (C=O) groups excluding carboxylic acids is 2. The summed E-state index contributed by atoms with van der Waals surface area (Å²) in [4.78, 5) is 30.3. The summed E-state index contributed by atoms with van der Waals surface area (Å²) >= 11 is 0. The SMILES string of the molecule is COc1ccc(C(=O)CCC(=O)N2CC=C(c3c[nH]c4ccccc34)CC2)cc1OC. The van der Waals surface area contributed by atoms with Crippen molar-refractivity contribution in [3.05, 3.63) is 65.9 Å². The van der Waals surface area contributed by atoms with E-state index in [2.05, 4.69) is 23.2 Å². The molecule has 1 amide bonds. The maximum Gasteiger partial charge on any atom is 0.223 e. The minimum absolute atomic E-state index is 0.00283. The first kappa shape index (κ1) is 20.7. The monoisotopic (exact) mass is 418 g/mol. The Hall–Kier alpha value is -3.54. The van der Waals surface area contributed by atoms with Crippen LogP contribution in [0.3, 0.4) is 0 Å². The minimum Gasteiger partial charge on any atom is -0.493 e. The van der Waals surface area contributed by atoms with Crippen molar-refractivity contribution in [1.82, 2.24) is 9.88 Å². The molecule has 3 aromatic rings. The number of benzene rings is 2. The Morgan fingerprint density at radius 3 is 2.58 bits per heavy atom. The van der Waals surface area contributed by atoms with Crippen LogP contribution in [-0.4, -0.2) is 48.9 Å². The maximum absolute atomic E-state index is 12.7. The van der Waals surface area contributed by atoms with E-state index in [9.17, 15) is 9.59 Å². The van der Waals surface area contributed by atoms with E-state index in [-0.39, 0.29) is 24.5 Å². The molecule has 31 heavy (non-hydrogen) atoms. The van der Waals surface area contributed by atoms with E-state index >= 15 is 0 Å². The average molecular weight is 418 g/mol. The Bertz CT molecular complexity index is 1150. The molecular weight excluding hydrogens is 392 g/mol. The fourth-order valence-corrected chi connectivity index (χ4v) is 4.01. The first-order valence-corrected chi connectivity index (χ1v) is 10.4. The van der Waals surface area contributed by atoms with Gasteiger partial charge >= 0.3 is 0 Å². The second kappa shape index (κ2) is 9.08. The molecule has 0 saturated heterocycles. The van der Waals surface area contributed by atoms with Crippen LogP contribution >= 0.6 is 0 Å². The third-order valence-electron chi connectivity index (χ3n) is 5.77. The van der Waals surface area contributed by atoms with Crippen molar-refractivity contribution in [1.29, 1.82) is 0 Å². The summed E-state index contributed by atoms with van der Waals surface area (Å²) in [5, 5.41) is 1.20. The number of nitrogens with one attached hydrogen (secondary N) is 1. The number of methoxy groups -OCH3 is 2. The second-order valence-corrected chi connectivity index (χ2v) is 7.56. The Balaban J connectivity index is 1.35. The number of para-hydroxylation sites is 1. The van der Waals surface area contributed by atoms with Crippen LogP contribution in [0, 0.1) is 0 Å². The van der Waals surface area contributed by atoms with Crippen molar-refractivity contribution >= 4 is 28.2 Å². The van der Waals surface area contributed by atoms with Gasteiger partial charge in [-0.25, -0.2) is 0 Å². The second-order valence-electron chi connectivity index (χ2n) is 7.56. The summed E-state index contributed by atoms with van der Waals surface area (Å²) in [7, 11) is 3.08. The molecule has 2 aromatic carbocycles. The summed E-state index contributed by atoms with van der Waals surface area (Å²) in [5.74, 6) is 0.997. The molecule has 0 radical (unpaired) electrons. The predicted octanol–water partition coefficient (Wildman–Crippen LogP) is 4.46. The number of fused-ring (bicyclic) bond motifs is 1. The van der Waals surface area contributed by atoms with Crippen molar-refractivity contribution in [2.24, 2.45) is 0 Å². The number of hydrogen-bond donors (Lipinski definition) is 1. The van der Waals surface area contributed by atoms with E-state index in [1.54, 1.807) is 25.3 Å². The van der Waals surface area contributed by atoms with Gasteiger partial charge in [-0.2, -0.15) is 0 Å². The van der Waals surface area contributed by atoms with Gasteiger partial charge in [-0.1, -0.05) is 24.3 Å². The number of hydrogen-bond acceptors (Lipinski definition) is 4. The Morgan fingerprint density at radius 1 is 1.03 bits per heavy atom. The van der Waals surface area contributed by atoms with Gasteiger partial charge in [0.05, 0.1) is 14.2 Å². The number of ether oxygens (including phenoxy) is 2. The van der Waals surface area contributed by atoms with Crippen LogP contribution in [0.15, 0.2) is 54.7 Å². The quantitative estimate of drug-likeness (QED) is 0.575. The molecular formula is C25H26N2O4. The predicted molar refractivity (Wildman–Crippen MR) is 121 cm³/mol. The van der Waals surface area contributed by atoms with Crippen molar-refractivity contribution in [3.63, 3.8) is 0 Å². The topological polar surface area (TPSA) is 71.6 Å². The molecule has 2 heterocycles. The number of aromatic nitrogens is 1. The standard InChI is InChI=1S/C25H26N2O4/c1-30-23-9-7-18(15-24(23)31-2)22(28)8-10-25(29)27-13-11-17(12-14-27)20-16-26-21-6-4-3-5-19(20)21/h3-7,9,11,15-16,26H,8,10,12-14H2,1-2H3. The molecule has 0 unspecified atom stereocenters. The third kappa shape index (κ3) is 4.33. The lowest BCUT2D eigenvalue weighted by Crippen LogP contribution is -2.34. The Kier molecular flexibility index (Phi) is 6.07. The van der Waals surface area contributed by atoms with Crippen LogP contribution in [0.25, 0.3) is 16.5 Å². The molecule has 1 aliphatic heterocycles. The van der Waals surface area contributed by atoms with Gasteiger partial charge in [-0.3, -0.25) is 9.59 Å². The van der Waals surface area contributed by atoms with Gasteiger partial charge in [0.1, 0.15) is 0 Å². The lowest BCUT2D eigenvalue weighted by Gasteiger charge is -2.26. The normalized spacial score (nSPS) is 13.7. The average Bonchev–Trinajstić information content (AvgIpc) is 3.26. The molecule has 6 nitrogen and oxygen atoms in total. The molecule has 0 aliphatic carbocycles. The van der Waals surface area contributed by atoms with E-state index in [1.807, 2.05) is 23.2 Å². The van der Waals surface area contributed by atoms with E-state index in [1.165, 1.54) is 23.6 Å². The molecule has 1 aromatic heterocycles. The first-order valence-electron chi connectivity index (χ1n) is 10.4. The largest absolute Gasteiger partial charge is 0.493 e. The number of H-pyrrole nitrogens is 1. The van der Waals surface area contributed by atoms with Crippen LogP contribution in [-0.2, 0) is 4.79 Å². The summed E-state index contributed by atoms with van der Waals surface area (Å²) in [6, 6.07) is 13.3. The summed E-state index contributed by atoms with van der Waals surface area (Å²) in [6.07, 6.45) is 5.33. The van der Waals surface area contributed by atoms with E-state index < -0.39 is 0 Å². The van der Waals surface area contributed by atoms with Gasteiger partial charge in [0.2, 0.25) is 5.91 Å². The molecule has 0 saturated carbocycles. The van der Waals surface area contributed by atoms with Crippen LogP contribution in [0.1, 0.15) is 35.2 Å². The zero-order valence-electron chi connectivity index (χ0n) is 17.8. The molecule has 4 rings (SSSR count). The van der Waals surface area contributed by atoms with E-state index in [0.717, 1.165) is 11.9 Å². The molecule has 0 bridgehead atoms. The maximum atomic E-state index is 12.7. The van der Waals surface area contributed by atoms with E-state index in [0.29, 0.717) is 30.2 Å². The number of aromatic amines is 1. The zero-order chi connectivity index (χ0) is 21.8. The van der Waals surface area contributed by atoms with Crippen LogP contribution < -0.4 is 9.47 Å². The highest BCUT2D eigenvalue weighted by atomic mass is 16.5. The zero-order valence-corrected chi connectivity index (χ0v) is 17.8. The summed E-state index contributed by atoms with van der Waals surface area (Å²) in [5.41, 5.74) is 4.09. The molecule has 0 fully saturated rings. The fraction of sp³-hybridized carbons (Fsp3) is 0.280. The molecule has 6 heteroatoms. The van der Waals surface area contributed by atoms with Crippen molar-refractivity contribution < 1.29 is 19.1 Å². The van der Waals surface area contributed by atoms with Crippen LogP contribution in [0.5, 0.6) is 11.5 Å². The number of amides is 1. The number of ketones is 1. The van der Waals surface area contributed by atoms with Crippen LogP contribution in [0.2, 0.25) is 0 Å². The van der Waals surface area contributed by atoms with Gasteiger partial charge in [-0.05, 0) is 36.3 Å². The Morgan fingerprint density at radius 2 is 1.84 bits per heavy atom. The molecule has 0 spiro atoms.